The summed E-state index contributed by atoms with van der Waals surface area (Å²) < 4.78 is 5.59. The van der Waals surface area contributed by atoms with E-state index in [0.717, 1.165) is 17.0 Å². The Morgan fingerprint density at radius 2 is 1.90 bits per heavy atom. The zero-order chi connectivity index (χ0) is 14.5. The predicted octanol–water partition coefficient (Wildman–Crippen LogP) is 3.79. The minimum absolute atomic E-state index is 0.150. The van der Waals surface area contributed by atoms with Crippen molar-refractivity contribution < 1.29 is 4.74 Å². The lowest BCUT2D eigenvalue weighted by molar-refractivity contribution is 0.242. The highest BCUT2D eigenvalue weighted by Gasteiger charge is 2.06. The van der Waals surface area contributed by atoms with Crippen LogP contribution in [0.25, 0.3) is 0 Å². The van der Waals surface area contributed by atoms with Crippen molar-refractivity contribution in [2.75, 3.05) is 5.32 Å². The van der Waals surface area contributed by atoms with Crippen molar-refractivity contribution in [1.29, 1.82) is 5.26 Å². The summed E-state index contributed by atoms with van der Waals surface area (Å²) >= 11 is 0. The first-order valence-electron chi connectivity index (χ1n) is 6.49. The molecule has 0 aliphatic carbocycles. The van der Waals surface area contributed by atoms with Crippen molar-refractivity contribution in [3.8, 4) is 11.8 Å². The fourth-order valence-corrected chi connectivity index (χ4v) is 1.82. The van der Waals surface area contributed by atoms with Gasteiger partial charge in [-0.15, -0.1) is 0 Å². The van der Waals surface area contributed by atoms with E-state index < -0.39 is 0 Å². The van der Waals surface area contributed by atoms with Gasteiger partial charge in [0, 0.05) is 11.9 Å². The molecule has 0 unspecified atom stereocenters. The fourth-order valence-electron chi connectivity index (χ4n) is 1.82. The summed E-state index contributed by atoms with van der Waals surface area (Å²) in [7, 11) is 0. The molecule has 4 nitrogen and oxygen atoms in total. The molecule has 0 spiro atoms. The second-order valence-corrected chi connectivity index (χ2v) is 4.78. The molecule has 2 rings (SSSR count). The Morgan fingerprint density at radius 3 is 2.50 bits per heavy atom. The van der Waals surface area contributed by atoms with Gasteiger partial charge in [0.15, 0.2) is 0 Å². The Kier molecular flexibility index (Phi) is 4.21. The van der Waals surface area contributed by atoms with Crippen LogP contribution in [0.1, 0.15) is 25.0 Å². The molecule has 1 heterocycles. The molecular weight excluding hydrogens is 250 g/mol. The van der Waals surface area contributed by atoms with Crippen molar-refractivity contribution >= 4 is 11.5 Å². The zero-order valence-electron chi connectivity index (χ0n) is 11.8. The highest BCUT2D eigenvalue weighted by molar-refractivity contribution is 5.64. The molecule has 0 fully saturated rings. The number of nitriles is 1. The molecule has 0 aliphatic rings. The Hall–Kier alpha value is -2.54. The van der Waals surface area contributed by atoms with Gasteiger partial charge in [-0.3, -0.25) is 0 Å². The molecule has 4 heteroatoms. The van der Waals surface area contributed by atoms with E-state index in [1.54, 1.807) is 6.20 Å². The molecule has 1 N–H and O–H groups in total. The number of aryl methyl sites for hydroxylation is 1. The SMILES string of the molecule is Cc1ccnc(Nc2ccc(OC(C)C)cc2)c1C#N. The van der Waals surface area contributed by atoms with Crippen molar-refractivity contribution in [2.24, 2.45) is 0 Å². The molecule has 102 valence electrons. The van der Waals surface area contributed by atoms with Crippen LogP contribution < -0.4 is 10.1 Å². The van der Waals surface area contributed by atoms with Crippen LogP contribution in [0.3, 0.4) is 0 Å². The second kappa shape index (κ2) is 6.07. The van der Waals surface area contributed by atoms with Crippen LogP contribution in [-0.4, -0.2) is 11.1 Å². The van der Waals surface area contributed by atoms with Gasteiger partial charge in [-0.05, 0) is 56.7 Å². The highest BCUT2D eigenvalue weighted by atomic mass is 16.5. The maximum Gasteiger partial charge on any atom is 0.148 e. The third-order valence-electron chi connectivity index (χ3n) is 2.76. The Labute approximate surface area is 119 Å². The topological polar surface area (TPSA) is 57.9 Å². The maximum absolute atomic E-state index is 9.17. The number of benzene rings is 1. The van der Waals surface area contributed by atoms with E-state index in [0.29, 0.717) is 11.4 Å². The molecule has 0 bridgehead atoms. The highest BCUT2D eigenvalue weighted by Crippen LogP contribution is 2.22. The summed E-state index contributed by atoms with van der Waals surface area (Å²) in [6, 6.07) is 11.6. The van der Waals surface area contributed by atoms with Gasteiger partial charge in [-0.1, -0.05) is 0 Å². The van der Waals surface area contributed by atoms with Gasteiger partial charge in [0.1, 0.15) is 17.6 Å². The summed E-state index contributed by atoms with van der Waals surface area (Å²) in [5.41, 5.74) is 2.34. The number of nitrogens with one attached hydrogen (secondary N) is 1. The van der Waals surface area contributed by atoms with Crippen LogP contribution in [0.15, 0.2) is 36.5 Å². The van der Waals surface area contributed by atoms with E-state index in [1.165, 1.54) is 0 Å². The van der Waals surface area contributed by atoms with Gasteiger partial charge in [0.25, 0.3) is 0 Å². The normalized spacial score (nSPS) is 10.2. The molecule has 0 saturated heterocycles. The van der Waals surface area contributed by atoms with Crippen LogP contribution in [0.4, 0.5) is 11.5 Å². The average molecular weight is 267 g/mol. The molecule has 2 aromatic rings. The van der Waals surface area contributed by atoms with Crippen LogP contribution in [0.2, 0.25) is 0 Å². The third-order valence-corrected chi connectivity index (χ3v) is 2.76. The lowest BCUT2D eigenvalue weighted by atomic mass is 10.1. The summed E-state index contributed by atoms with van der Waals surface area (Å²) in [6.45, 7) is 5.87. The quantitative estimate of drug-likeness (QED) is 0.915. The minimum Gasteiger partial charge on any atom is -0.491 e. The molecule has 0 radical (unpaired) electrons. The summed E-state index contributed by atoms with van der Waals surface area (Å²) in [6.07, 6.45) is 1.84. The Morgan fingerprint density at radius 1 is 1.20 bits per heavy atom. The number of ether oxygens (including phenoxy) is 1. The first-order chi connectivity index (χ1) is 9.60. The standard InChI is InChI=1S/C16H17N3O/c1-11(2)20-14-6-4-13(5-7-14)19-16-15(10-17)12(3)8-9-18-16/h4-9,11H,1-3H3,(H,18,19). The molecular formula is C16H17N3O. The maximum atomic E-state index is 9.17. The van der Waals surface area contributed by atoms with Gasteiger partial charge in [-0.25, -0.2) is 4.98 Å². The lowest BCUT2D eigenvalue weighted by Gasteiger charge is -2.11. The van der Waals surface area contributed by atoms with Crippen LogP contribution in [-0.2, 0) is 0 Å². The number of rotatable bonds is 4. The molecule has 1 aromatic carbocycles. The molecule has 0 saturated carbocycles. The molecule has 0 amide bonds. The van der Waals surface area contributed by atoms with Crippen LogP contribution in [0, 0.1) is 18.3 Å². The van der Waals surface area contributed by atoms with E-state index in [2.05, 4.69) is 16.4 Å². The van der Waals surface area contributed by atoms with Crippen molar-refractivity contribution in [3.05, 3.63) is 47.7 Å². The number of nitrogens with zero attached hydrogens (tertiary/aromatic N) is 2. The third kappa shape index (κ3) is 3.27. The smallest absolute Gasteiger partial charge is 0.148 e. The van der Waals surface area contributed by atoms with E-state index >= 15 is 0 Å². The molecule has 20 heavy (non-hydrogen) atoms. The average Bonchev–Trinajstić information content (AvgIpc) is 2.41. The van der Waals surface area contributed by atoms with Gasteiger partial charge in [0.05, 0.1) is 11.7 Å². The summed E-state index contributed by atoms with van der Waals surface area (Å²) in [5.74, 6) is 1.40. The van der Waals surface area contributed by atoms with Gasteiger partial charge >= 0.3 is 0 Å². The van der Waals surface area contributed by atoms with Gasteiger partial charge in [0.2, 0.25) is 0 Å². The summed E-state index contributed by atoms with van der Waals surface area (Å²) in [4.78, 5) is 4.21. The Balaban J connectivity index is 2.19. The number of hydrogen-bond acceptors (Lipinski definition) is 4. The predicted molar refractivity (Wildman–Crippen MR) is 79.2 cm³/mol. The van der Waals surface area contributed by atoms with E-state index in [4.69, 9.17) is 4.74 Å². The monoisotopic (exact) mass is 267 g/mol. The molecule has 0 aliphatic heterocycles. The van der Waals surface area contributed by atoms with Gasteiger partial charge in [-0.2, -0.15) is 5.26 Å². The number of anilines is 2. The number of hydrogen-bond donors (Lipinski definition) is 1. The first kappa shape index (κ1) is 13.9. The van der Waals surface area contributed by atoms with Crippen molar-refractivity contribution in [1.82, 2.24) is 4.98 Å². The lowest BCUT2D eigenvalue weighted by Crippen LogP contribution is -2.05. The van der Waals surface area contributed by atoms with Crippen molar-refractivity contribution in [3.63, 3.8) is 0 Å². The van der Waals surface area contributed by atoms with E-state index in [1.807, 2.05) is 51.1 Å². The number of aromatic nitrogens is 1. The van der Waals surface area contributed by atoms with E-state index in [9.17, 15) is 5.26 Å². The number of pyridine rings is 1. The first-order valence-corrected chi connectivity index (χ1v) is 6.49. The molecule has 1 aromatic heterocycles. The zero-order valence-corrected chi connectivity index (χ0v) is 11.8. The largest absolute Gasteiger partial charge is 0.491 e. The minimum atomic E-state index is 0.150. The molecule has 0 atom stereocenters. The fraction of sp³-hybridized carbons (Fsp3) is 0.250. The summed E-state index contributed by atoms with van der Waals surface area (Å²) in [5, 5.41) is 12.3. The van der Waals surface area contributed by atoms with Crippen LogP contribution in [0.5, 0.6) is 5.75 Å². The van der Waals surface area contributed by atoms with Crippen LogP contribution >= 0.6 is 0 Å². The van der Waals surface area contributed by atoms with Crippen molar-refractivity contribution in [2.45, 2.75) is 26.9 Å². The van der Waals surface area contributed by atoms with Gasteiger partial charge < -0.3 is 10.1 Å². The van der Waals surface area contributed by atoms with E-state index in [-0.39, 0.29) is 6.10 Å². The Bertz CT molecular complexity index is 627. The second-order valence-electron chi connectivity index (χ2n) is 4.78.